The van der Waals surface area contributed by atoms with Crippen LogP contribution in [0.4, 0.5) is 0 Å². The van der Waals surface area contributed by atoms with E-state index in [-0.39, 0.29) is 0 Å². The van der Waals surface area contributed by atoms with E-state index in [2.05, 4.69) is 37.3 Å². The summed E-state index contributed by atoms with van der Waals surface area (Å²) in [7, 11) is 1.90. The van der Waals surface area contributed by atoms with Crippen LogP contribution in [0.1, 0.15) is 19.8 Å². The molecule has 0 saturated carbocycles. The molecule has 1 unspecified atom stereocenters. The van der Waals surface area contributed by atoms with Gasteiger partial charge < -0.3 is 10.6 Å². The van der Waals surface area contributed by atoms with E-state index < -0.39 is 0 Å². The molecule has 0 aliphatic rings. The normalized spacial score (nSPS) is 11.5. The molecular weight excluding hydrogens is 160 g/mol. The van der Waals surface area contributed by atoms with Gasteiger partial charge >= 0.3 is 0 Å². The van der Waals surface area contributed by atoms with Crippen LogP contribution in [-0.2, 0) is 0 Å². The monoisotopic (exact) mass is 180 g/mol. The molecule has 0 bridgehead atoms. The molecule has 13 heavy (non-hydrogen) atoms. The van der Waals surface area contributed by atoms with E-state index in [9.17, 15) is 0 Å². The molecule has 0 aromatic carbocycles. The Balaban J connectivity index is 3.69. The molecule has 0 saturated heterocycles. The SMILES string of the molecule is C=CNC(=C)CCC(C)C(=C)NC. The largest absolute Gasteiger partial charge is 0.392 e. The molecule has 2 N–H and O–H groups in total. The lowest BCUT2D eigenvalue weighted by atomic mass is 10.0. The number of rotatable bonds is 7. The van der Waals surface area contributed by atoms with Gasteiger partial charge in [0.2, 0.25) is 0 Å². The van der Waals surface area contributed by atoms with Gasteiger partial charge in [0, 0.05) is 18.4 Å². The number of nitrogens with one attached hydrogen (secondary N) is 2. The second-order valence-electron chi connectivity index (χ2n) is 3.17. The molecule has 2 nitrogen and oxygen atoms in total. The zero-order chi connectivity index (χ0) is 10.3. The molecule has 1 atom stereocenters. The highest BCUT2D eigenvalue weighted by molar-refractivity contribution is 5.00. The van der Waals surface area contributed by atoms with Crippen molar-refractivity contribution >= 4 is 0 Å². The summed E-state index contributed by atoms with van der Waals surface area (Å²) in [5.41, 5.74) is 2.08. The maximum Gasteiger partial charge on any atom is 0.00734 e. The van der Waals surface area contributed by atoms with Gasteiger partial charge in [-0.25, -0.2) is 0 Å². The Hall–Kier alpha value is -1.18. The first-order valence-electron chi connectivity index (χ1n) is 4.53. The summed E-state index contributed by atoms with van der Waals surface area (Å²) in [5.74, 6) is 0.480. The van der Waals surface area contributed by atoms with Crippen LogP contribution in [0.15, 0.2) is 37.3 Å². The zero-order valence-corrected chi connectivity index (χ0v) is 8.69. The molecule has 74 valence electrons. The van der Waals surface area contributed by atoms with E-state index in [1.807, 2.05) is 7.05 Å². The summed E-state index contributed by atoms with van der Waals surface area (Å²) in [6, 6.07) is 0. The fraction of sp³-hybridized carbons (Fsp3) is 0.455. The van der Waals surface area contributed by atoms with Crippen LogP contribution in [0.3, 0.4) is 0 Å². The molecule has 0 aliphatic heterocycles. The van der Waals surface area contributed by atoms with Crippen LogP contribution >= 0.6 is 0 Å². The lowest BCUT2D eigenvalue weighted by Crippen LogP contribution is -2.13. The molecule has 0 fully saturated rings. The van der Waals surface area contributed by atoms with Crippen molar-refractivity contribution in [3.8, 4) is 0 Å². The van der Waals surface area contributed by atoms with Gasteiger partial charge in [-0.3, -0.25) is 0 Å². The van der Waals surface area contributed by atoms with Crippen molar-refractivity contribution in [1.82, 2.24) is 10.6 Å². The highest BCUT2D eigenvalue weighted by atomic mass is 14.8. The predicted octanol–water partition coefficient (Wildman–Crippen LogP) is 2.38. The molecule has 0 rings (SSSR count). The minimum atomic E-state index is 0.480. The lowest BCUT2D eigenvalue weighted by Gasteiger charge is -2.14. The van der Waals surface area contributed by atoms with E-state index in [0.717, 1.165) is 24.2 Å². The van der Waals surface area contributed by atoms with E-state index in [1.165, 1.54) is 0 Å². The lowest BCUT2D eigenvalue weighted by molar-refractivity contribution is 0.573. The molecule has 0 heterocycles. The van der Waals surface area contributed by atoms with E-state index >= 15 is 0 Å². The van der Waals surface area contributed by atoms with Gasteiger partial charge in [-0.2, -0.15) is 0 Å². The first kappa shape index (κ1) is 11.8. The van der Waals surface area contributed by atoms with Crippen LogP contribution in [0.25, 0.3) is 0 Å². The minimum Gasteiger partial charge on any atom is -0.392 e. The minimum absolute atomic E-state index is 0.480. The van der Waals surface area contributed by atoms with Crippen LogP contribution in [0, 0.1) is 5.92 Å². The first-order valence-corrected chi connectivity index (χ1v) is 4.53. The third kappa shape index (κ3) is 5.12. The van der Waals surface area contributed by atoms with Crippen LogP contribution < -0.4 is 10.6 Å². The molecule has 0 aromatic heterocycles. The molecule has 0 aliphatic carbocycles. The summed E-state index contributed by atoms with van der Waals surface area (Å²) in [4.78, 5) is 0. The quantitative estimate of drug-likeness (QED) is 0.628. The van der Waals surface area contributed by atoms with Crippen molar-refractivity contribution in [2.75, 3.05) is 7.05 Å². The van der Waals surface area contributed by atoms with Crippen molar-refractivity contribution in [1.29, 1.82) is 0 Å². The number of hydrogen-bond acceptors (Lipinski definition) is 2. The molecule has 0 radical (unpaired) electrons. The first-order chi connectivity index (χ1) is 6.11. The van der Waals surface area contributed by atoms with Crippen molar-refractivity contribution in [3.05, 3.63) is 37.3 Å². The van der Waals surface area contributed by atoms with E-state index in [4.69, 9.17) is 0 Å². The summed E-state index contributed by atoms with van der Waals surface area (Å²) in [6.07, 6.45) is 3.66. The second-order valence-corrected chi connectivity index (χ2v) is 3.17. The molecule has 0 amide bonds. The van der Waals surface area contributed by atoms with Gasteiger partial charge in [0.1, 0.15) is 0 Å². The van der Waals surface area contributed by atoms with Gasteiger partial charge in [-0.05, 0) is 25.0 Å². The summed E-state index contributed by atoms with van der Waals surface area (Å²) >= 11 is 0. The maximum atomic E-state index is 3.92. The second kappa shape index (κ2) is 6.35. The fourth-order valence-corrected chi connectivity index (χ4v) is 1.03. The molecule has 0 spiro atoms. The third-order valence-electron chi connectivity index (χ3n) is 2.10. The maximum absolute atomic E-state index is 3.92. The summed E-state index contributed by atoms with van der Waals surface area (Å²) in [6.45, 7) is 13.5. The van der Waals surface area contributed by atoms with Crippen molar-refractivity contribution in [2.45, 2.75) is 19.8 Å². The summed E-state index contributed by atoms with van der Waals surface area (Å²) in [5, 5.41) is 6.03. The standard InChI is InChI=1S/C11H20N2/c1-6-13-10(3)8-7-9(2)11(4)12-5/h6,9,12-13H,1,3-4,7-8H2,2,5H3. The Morgan fingerprint density at radius 2 is 2.08 bits per heavy atom. The molecule has 2 heteroatoms. The van der Waals surface area contributed by atoms with Crippen molar-refractivity contribution < 1.29 is 0 Å². The number of hydrogen-bond donors (Lipinski definition) is 2. The average Bonchev–Trinajstić information content (AvgIpc) is 2.13. The molecular formula is C11H20N2. The Labute approximate surface area is 81.4 Å². The highest BCUT2D eigenvalue weighted by Crippen LogP contribution is 2.14. The van der Waals surface area contributed by atoms with E-state index in [0.29, 0.717) is 5.92 Å². The Bertz CT molecular complexity index is 194. The van der Waals surface area contributed by atoms with Crippen molar-refractivity contribution in [2.24, 2.45) is 5.92 Å². The topological polar surface area (TPSA) is 24.1 Å². The van der Waals surface area contributed by atoms with Gasteiger partial charge in [-0.1, -0.05) is 26.7 Å². The fourth-order valence-electron chi connectivity index (χ4n) is 1.03. The van der Waals surface area contributed by atoms with Gasteiger partial charge in [0.25, 0.3) is 0 Å². The van der Waals surface area contributed by atoms with E-state index in [1.54, 1.807) is 6.20 Å². The smallest absolute Gasteiger partial charge is 0.00734 e. The Morgan fingerprint density at radius 1 is 1.46 bits per heavy atom. The molecule has 0 aromatic rings. The number of allylic oxidation sites excluding steroid dienone is 2. The Morgan fingerprint density at radius 3 is 2.54 bits per heavy atom. The highest BCUT2D eigenvalue weighted by Gasteiger charge is 2.04. The van der Waals surface area contributed by atoms with Gasteiger partial charge in [-0.15, -0.1) is 0 Å². The van der Waals surface area contributed by atoms with Crippen LogP contribution in [0.2, 0.25) is 0 Å². The third-order valence-corrected chi connectivity index (χ3v) is 2.10. The average molecular weight is 180 g/mol. The van der Waals surface area contributed by atoms with Crippen LogP contribution in [-0.4, -0.2) is 7.05 Å². The zero-order valence-electron chi connectivity index (χ0n) is 8.69. The Kier molecular flexibility index (Phi) is 5.77. The predicted molar refractivity (Wildman–Crippen MR) is 59.1 cm³/mol. The van der Waals surface area contributed by atoms with Crippen molar-refractivity contribution in [3.63, 3.8) is 0 Å². The van der Waals surface area contributed by atoms with Crippen LogP contribution in [0.5, 0.6) is 0 Å². The van der Waals surface area contributed by atoms with Gasteiger partial charge in [0.15, 0.2) is 0 Å². The summed E-state index contributed by atoms with van der Waals surface area (Å²) < 4.78 is 0. The van der Waals surface area contributed by atoms with Gasteiger partial charge in [0.05, 0.1) is 0 Å².